The van der Waals surface area contributed by atoms with Crippen molar-refractivity contribution >= 4 is 24.7 Å². The van der Waals surface area contributed by atoms with Gasteiger partial charge in [-0.2, -0.15) is 8.42 Å². The van der Waals surface area contributed by atoms with Gasteiger partial charge in [0.05, 0.1) is 0 Å². The van der Waals surface area contributed by atoms with Crippen LogP contribution in [0.25, 0.3) is 0 Å². The Bertz CT molecular complexity index is 464. The van der Waals surface area contributed by atoms with Crippen LogP contribution in [-0.4, -0.2) is 52.6 Å². The standard InChI is InChI=1S/C17H36O7SSi/c1-5-9-10-11-12-13-16(18)17(25(19,20)21)14-15-26(22-6-2,23-7-3)24-8-4/h17H,5-15H2,1-4H3,(H,19,20,21). The maximum atomic E-state index is 12.4. The van der Waals surface area contributed by atoms with E-state index in [2.05, 4.69) is 6.92 Å². The van der Waals surface area contributed by atoms with E-state index in [-0.39, 0.29) is 18.9 Å². The first-order valence-corrected chi connectivity index (χ1v) is 13.1. The molecule has 0 aromatic heterocycles. The molecule has 0 radical (unpaired) electrons. The molecule has 0 aromatic carbocycles. The lowest BCUT2D eigenvalue weighted by Crippen LogP contribution is -2.47. The van der Waals surface area contributed by atoms with Crippen LogP contribution in [0.15, 0.2) is 0 Å². The highest BCUT2D eigenvalue weighted by Crippen LogP contribution is 2.23. The number of carbonyl (C=O) groups is 1. The normalized spacial score (nSPS) is 13.7. The SMILES string of the molecule is CCCCCCCC(=O)C(CC[Si](OCC)(OCC)OCC)S(=O)(=O)O. The van der Waals surface area contributed by atoms with Crippen LogP contribution in [0.5, 0.6) is 0 Å². The van der Waals surface area contributed by atoms with Crippen LogP contribution < -0.4 is 0 Å². The molecule has 7 nitrogen and oxygen atoms in total. The summed E-state index contributed by atoms with van der Waals surface area (Å²) >= 11 is 0. The quantitative estimate of drug-likeness (QED) is 0.221. The molecule has 0 heterocycles. The lowest BCUT2D eigenvalue weighted by Gasteiger charge is -2.29. The van der Waals surface area contributed by atoms with E-state index in [0.29, 0.717) is 26.2 Å². The Morgan fingerprint density at radius 2 is 1.42 bits per heavy atom. The second-order valence-electron chi connectivity index (χ2n) is 6.15. The van der Waals surface area contributed by atoms with E-state index in [1.807, 2.05) is 20.8 Å². The molecule has 0 aliphatic carbocycles. The lowest BCUT2D eigenvalue weighted by molar-refractivity contribution is -0.118. The Morgan fingerprint density at radius 1 is 0.923 bits per heavy atom. The molecule has 0 rings (SSSR count). The zero-order chi connectivity index (χ0) is 20.1. The average Bonchev–Trinajstić information content (AvgIpc) is 2.54. The van der Waals surface area contributed by atoms with E-state index in [1.165, 1.54) is 0 Å². The first kappa shape index (κ1) is 25.7. The Labute approximate surface area is 159 Å². The molecule has 9 heteroatoms. The van der Waals surface area contributed by atoms with Gasteiger partial charge in [-0.3, -0.25) is 9.35 Å². The number of hydrogen-bond acceptors (Lipinski definition) is 6. The van der Waals surface area contributed by atoms with Crippen molar-refractivity contribution < 1.29 is 31.0 Å². The highest BCUT2D eigenvalue weighted by molar-refractivity contribution is 7.87. The summed E-state index contributed by atoms with van der Waals surface area (Å²) < 4.78 is 50.0. The number of unbranched alkanes of at least 4 members (excludes halogenated alkanes) is 4. The van der Waals surface area contributed by atoms with Gasteiger partial charge in [-0.25, -0.2) is 0 Å². The van der Waals surface area contributed by atoms with E-state index in [9.17, 15) is 17.8 Å². The van der Waals surface area contributed by atoms with Crippen LogP contribution in [0.1, 0.15) is 72.6 Å². The van der Waals surface area contributed by atoms with E-state index in [0.717, 1.165) is 25.7 Å². The van der Waals surface area contributed by atoms with Crippen molar-refractivity contribution in [3.63, 3.8) is 0 Å². The number of ketones is 1. The molecule has 0 saturated heterocycles. The topological polar surface area (TPSA) is 99.1 Å². The number of rotatable bonds is 17. The molecular formula is C17H36O7SSi. The predicted molar refractivity (Wildman–Crippen MR) is 104 cm³/mol. The van der Waals surface area contributed by atoms with Crippen molar-refractivity contribution in [2.75, 3.05) is 19.8 Å². The minimum atomic E-state index is -4.47. The molecule has 26 heavy (non-hydrogen) atoms. The second-order valence-corrected chi connectivity index (χ2v) is 10.5. The van der Waals surface area contributed by atoms with Gasteiger partial charge in [0.25, 0.3) is 10.1 Å². The van der Waals surface area contributed by atoms with Gasteiger partial charge in [-0.15, -0.1) is 0 Å². The summed E-state index contributed by atoms with van der Waals surface area (Å²) in [5.41, 5.74) is 0. The van der Waals surface area contributed by atoms with Gasteiger partial charge < -0.3 is 13.3 Å². The van der Waals surface area contributed by atoms with Crippen molar-refractivity contribution in [3.8, 4) is 0 Å². The van der Waals surface area contributed by atoms with Gasteiger partial charge in [0.1, 0.15) is 5.25 Å². The first-order valence-electron chi connectivity index (χ1n) is 9.67. The van der Waals surface area contributed by atoms with Gasteiger partial charge in [-0.05, 0) is 33.6 Å². The Balaban J connectivity index is 4.94. The number of hydrogen-bond donors (Lipinski definition) is 1. The number of Topliss-reactive ketones (excluding diaryl/α,β-unsaturated/α-hetero) is 1. The molecule has 0 aliphatic heterocycles. The first-order chi connectivity index (χ1) is 12.3. The summed E-state index contributed by atoms with van der Waals surface area (Å²) in [6.07, 6.45) is 4.83. The summed E-state index contributed by atoms with van der Waals surface area (Å²) in [5.74, 6) is -0.448. The van der Waals surface area contributed by atoms with Crippen LogP contribution in [-0.2, 0) is 28.2 Å². The summed E-state index contributed by atoms with van der Waals surface area (Å²) in [7, 11) is -7.53. The van der Waals surface area contributed by atoms with Crippen LogP contribution in [0.3, 0.4) is 0 Å². The summed E-state index contributed by atoms with van der Waals surface area (Å²) in [4.78, 5) is 12.4. The summed E-state index contributed by atoms with van der Waals surface area (Å²) in [6, 6.07) is 0.175. The van der Waals surface area contributed by atoms with E-state index in [1.54, 1.807) is 0 Å². The third kappa shape index (κ3) is 10.1. The molecule has 1 atom stereocenters. The Kier molecular flexibility index (Phi) is 13.6. The van der Waals surface area contributed by atoms with Gasteiger partial charge >= 0.3 is 8.80 Å². The van der Waals surface area contributed by atoms with Crippen molar-refractivity contribution in [2.45, 2.75) is 83.9 Å². The predicted octanol–water partition coefficient (Wildman–Crippen LogP) is 3.61. The van der Waals surface area contributed by atoms with Crippen LogP contribution in [0, 0.1) is 0 Å². The molecule has 1 N–H and O–H groups in total. The monoisotopic (exact) mass is 412 g/mol. The second kappa shape index (κ2) is 13.8. The fourth-order valence-corrected chi connectivity index (χ4v) is 6.57. The van der Waals surface area contributed by atoms with Crippen molar-refractivity contribution in [1.29, 1.82) is 0 Å². The average molecular weight is 413 g/mol. The molecule has 0 spiro atoms. The Morgan fingerprint density at radius 3 is 1.85 bits per heavy atom. The van der Waals surface area contributed by atoms with Crippen molar-refractivity contribution in [1.82, 2.24) is 0 Å². The van der Waals surface area contributed by atoms with E-state index in [4.69, 9.17) is 13.3 Å². The molecule has 156 valence electrons. The van der Waals surface area contributed by atoms with Crippen LogP contribution in [0.2, 0.25) is 6.04 Å². The number of carbonyl (C=O) groups excluding carboxylic acids is 1. The van der Waals surface area contributed by atoms with Crippen LogP contribution in [0.4, 0.5) is 0 Å². The highest BCUT2D eigenvalue weighted by atomic mass is 32.2. The maximum Gasteiger partial charge on any atom is 0.500 e. The third-order valence-corrected chi connectivity index (χ3v) is 8.36. The largest absolute Gasteiger partial charge is 0.500 e. The van der Waals surface area contributed by atoms with Gasteiger partial charge in [0, 0.05) is 32.3 Å². The fourth-order valence-electron chi connectivity index (χ4n) is 2.85. The molecule has 0 amide bonds. The van der Waals surface area contributed by atoms with Gasteiger partial charge in [0.15, 0.2) is 5.78 Å². The smallest absolute Gasteiger partial charge is 0.374 e. The minimum Gasteiger partial charge on any atom is -0.374 e. The zero-order valence-electron chi connectivity index (χ0n) is 16.7. The zero-order valence-corrected chi connectivity index (χ0v) is 18.5. The fraction of sp³-hybridized carbons (Fsp3) is 0.941. The molecule has 0 aliphatic rings. The molecule has 0 fully saturated rings. The molecule has 0 aromatic rings. The van der Waals surface area contributed by atoms with Gasteiger partial charge in [0.2, 0.25) is 0 Å². The lowest BCUT2D eigenvalue weighted by atomic mass is 10.1. The van der Waals surface area contributed by atoms with Crippen molar-refractivity contribution in [3.05, 3.63) is 0 Å². The van der Waals surface area contributed by atoms with E-state index < -0.39 is 30.0 Å². The maximum absolute atomic E-state index is 12.4. The minimum absolute atomic E-state index is 0.0567. The van der Waals surface area contributed by atoms with E-state index >= 15 is 0 Å². The highest BCUT2D eigenvalue weighted by Gasteiger charge is 2.43. The van der Waals surface area contributed by atoms with Gasteiger partial charge in [-0.1, -0.05) is 32.6 Å². The van der Waals surface area contributed by atoms with Crippen LogP contribution >= 0.6 is 0 Å². The third-order valence-electron chi connectivity index (χ3n) is 4.05. The molecule has 1 unspecified atom stereocenters. The molecule has 0 bridgehead atoms. The molecule has 0 saturated carbocycles. The Hall–Kier alpha value is -0.323. The van der Waals surface area contributed by atoms with Crippen molar-refractivity contribution in [2.24, 2.45) is 0 Å². The summed E-state index contributed by atoms with van der Waals surface area (Å²) in [5, 5.41) is -1.44. The molecular weight excluding hydrogens is 376 g/mol. The summed E-state index contributed by atoms with van der Waals surface area (Å²) in [6.45, 7) is 8.63.